The third kappa shape index (κ3) is 2.99. The Morgan fingerprint density at radius 3 is 2.58 bits per heavy atom. The highest BCUT2D eigenvalue weighted by atomic mass is 19.1. The summed E-state index contributed by atoms with van der Waals surface area (Å²) in [5, 5.41) is 0. The van der Waals surface area contributed by atoms with Crippen molar-refractivity contribution < 1.29 is 9.18 Å². The standard InChI is InChI=1S/C16H16FNO/c1-10-3-4-11(2)13(7-10)9-16(19)12-5-6-15(18)14(17)8-12/h3-8H,9,18H2,1-2H3. The van der Waals surface area contributed by atoms with Crippen LogP contribution in [0.2, 0.25) is 0 Å². The van der Waals surface area contributed by atoms with Gasteiger partial charge in [-0.1, -0.05) is 23.8 Å². The maximum atomic E-state index is 13.3. The second-order valence-electron chi connectivity index (χ2n) is 4.77. The minimum atomic E-state index is -0.549. The highest BCUT2D eigenvalue weighted by molar-refractivity contribution is 5.98. The van der Waals surface area contributed by atoms with Crippen LogP contribution < -0.4 is 5.73 Å². The minimum Gasteiger partial charge on any atom is -0.396 e. The number of halogens is 1. The number of hydrogen-bond donors (Lipinski definition) is 1. The second kappa shape index (κ2) is 5.22. The fourth-order valence-electron chi connectivity index (χ4n) is 1.97. The van der Waals surface area contributed by atoms with E-state index in [1.54, 1.807) is 6.07 Å². The van der Waals surface area contributed by atoms with Crippen LogP contribution in [-0.4, -0.2) is 5.78 Å². The molecule has 0 amide bonds. The monoisotopic (exact) mass is 257 g/mol. The lowest BCUT2D eigenvalue weighted by atomic mass is 9.97. The molecule has 0 aliphatic rings. The third-order valence-electron chi connectivity index (χ3n) is 3.18. The van der Waals surface area contributed by atoms with Crippen molar-refractivity contribution in [3.8, 4) is 0 Å². The number of benzene rings is 2. The van der Waals surface area contributed by atoms with Crippen LogP contribution in [0.1, 0.15) is 27.0 Å². The molecule has 0 unspecified atom stereocenters. The summed E-state index contributed by atoms with van der Waals surface area (Å²) >= 11 is 0. The topological polar surface area (TPSA) is 43.1 Å². The molecule has 0 radical (unpaired) electrons. The first-order chi connectivity index (χ1) is 8.97. The van der Waals surface area contributed by atoms with Crippen LogP contribution in [0.4, 0.5) is 10.1 Å². The van der Waals surface area contributed by atoms with E-state index in [-0.39, 0.29) is 17.9 Å². The van der Waals surface area contributed by atoms with E-state index in [2.05, 4.69) is 0 Å². The van der Waals surface area contributed by atoms with Crippen LogP contribution >= 0.6 is 0 Å². The smallest absolute Gasteiger partial charge is 0.167 e. The molecule has 0 atom stereocenters. The molecule has 0 spiro atoms. The number of aryl methyl sites for hydroxylation is 2. The van der Waals surface area contributed by atoms with Crippen LogP contribution in [0.25, 0.3) is 0 Å². The molecule has 2 rings (SSSR count). The second-order valence-corrected chi connectivity index (χ2v) is 4.77. The van der Waals surface area contributed by atoms with Crippen LogP contribution in [0, 0.1) is 19.7 Å². The Balaban J connectivity index is 2.25. The molecule has 3 heteroatoms. The number of carbonyl (C=O) groups excluding carboxylic acids is 1. The molecule has 0 fully saturated rings. The molecule has 2 aromatic rings. The van der Waals surface area contributed by atoms with E-state index in [0.717, 1.165) is 16.7 Å². The van der Waals surface area contributed by atoms with Crippen molar-refractivity contribution in [2.24, 2.45) is 0 Å². The Morgan fingerprint density at radius 1 is 1.16 bits per heavy atom. The minimum absolute atomic E-state index is 0.0586. The lowest BCUT2D eigenvalue weighted by Gasteiger charge is -2.07. The van der Waals surface area contributed by atoms with Gasteiger partial charge in [0, 0.05) is 12.0 Å². The van der Waals surface area contributed by atoms with Gasteiger partial charge in [-0.2, -0.15) is 0 Å². The average molecular weight is 257 g/mol. The first kappa shape index (κ1) is 13.3. The number of anilines is 1. The molecule has 0 heterocycles. The molecule has 0 bridgehead atoms. The summed E-state index contributed by atoms with van der Waals surface area (Å²) in [5.74, 6) is -0.653. The summed E-state index contributed by atoms with van der Waals surface area (Å²) in [4.78, 5) is 12.1. The largest absolute Gasteiger partial charge is 0.396 e. The number of carbonyl (C=O) groups is 1. The maximum absolute atomic E-state index is 13.3. The van der Waals surface area contributed by atoms with Gasteiger partial charge in [-0.05, 0) is 43.2 Å². The third-order valence-corrected chi connectivity index (χ3v) is 3.18. The normalized spacial score (nSPS) is 10.5. The van der Waals surface area contributed by atoms with Crippen molar-refractivity contribution in [3.05, 3.63) is 64.5 Å². The molecule has 0 aliphatic carbocycles. The van der Waals surface area contributed by atoms with Gasteiger partial charge in [-0.15, -0.1) is 0 Å². The predicted molar refractivity (Wildman–Crippen MR) is 74.8 cm³/mol. The summed E-state index contributed by atoms with van der Waals surface area (Å²) in [5.41, 5.74) is 8.96. The zero-order valence-electron chi connectivity index (χ0n) is 11.0. The van der Waals surface area contributed by atoms with E-state index in [1.165, 1.54) is 12.1 Å². The predicted octanol–water partition coefficient (Wildman–Crippen LogP) is 3.45. The molecule has 0 saturated carbocycles. The van der Waals surface area contributed by atoms with E-state index >= 15 is 0 Å². The van der Waals surface area contributed by atoms with Gasteiger partial charge in [0.1, 0.15) is 5.82 Å². The number of ketones is 1. The molecule has 2 nitrogen and oxygen atoms in total. The van der Waals surface area contributed by atoms with Crippen LogP contribution in [-0.2, 0) is 6.42 Å². The van der Waals surface area contributed by atoms with Crippen molar-refractivity contribution in [1.29, 1.82) is 0 Å². The lowest BCUT2D eigenvalue weighted by molar-refractivity contribution is 0.0992. The van der Waals surface area contributed by atoms with E-state index < -0.39 is 5.82 Å². The molecule has 0 aliphatic heterocycles. The van der Waals surface area contributed by atoms with E-state index in [1.807, 2.05) is 32.0 Å². The summed E-state index contributed by atoms with van der Waals surface area (Å²) in [6.45, 7) is 3.95. The number of rotatable bonds is 3. The lowest BCUT2D eigenvalue weighted by Crippen LogP contribution is -2.06. The zero-order valence-corrected chi connectivity index (χ0v) is 11.0. The van der Waals surface area contributed by atoms with Gasteiger partial charge in [0.2, 0.25) is 0 Å². The van der Waals surface area contributed by atoms with Crippen LogP contribution in [0.5, 0.6) is 0 Å². The van der Waals surface area contributed by atoms with Gasteiger partial charge >= 0.3 is 0 Å². The fourth-order valence-corrected chi connectivity index (χ4v) is 1.97. The van der Waals surface area contributed by atoms with Crippen molar-refractivity contribution >= 4 is 11.5 Å². The molecule has 0 saturated heterocycles. The summed E-state index contributed by atoms with van der Waals surface area (Å²) in [6, 6.07) is 10.2. The molecule has 98 valence electrons. The van der Waals surface area contributed by atoms with Gasteiger partial charge in [0.15, 0.2) is 5.78 Å². The Morgan fingerprint density at radius 2 is 1.89 bits per heavy atom. The molecular weight excluding hydrogens is 241 g/mol. The summed E-state index contributed by atoms with van der Waals surface area (Å²) < 4.78 is 13.3. The molecular formula is C16H16FNO. The summed E-state index contributed by atoms with van der Waals surface area (Å²) in [7, 11) is 0. The van der Waals surface area contributed by atoms with Crippen molar-refractivity contribution in [3.63, 3.8) is 0 Å². The van der Waals surface area contributed by atoms with Crippen molar-refractivity contribution in [2.45, 2.75) is 20.3 Å². The Labute approximate surface area is 112 Å². The summed E-state index contributed by atoms with van der Waals surface area (Å²) in [6.07, 6.45) is 0.275. The highest BCUT2D eigenvalue weighted by Gasteiger charge is 2.11. The highest BCUT2D eigenvalue weighted by Crippen LogP contribution is 2.17. The zero-order chi connectivity index (χ0) is 14.0. The average Bonchev–Trinajstić information content (AvgIpc) is 2.37. The Kier molecular flexibility index (Phi) is 3.65. The van der Waals surface area contributed by atoms with Gasteiger partial charge in [-0.3, -0.25) is 4.79 Å². The van der Waals surface area contributed by atoms with Gasteiger partial charge in [-0.25, -0.2) is 4.39 Å². The molecule has 2 aromatic carbocycles. The van der Waals surface area contributed by atoms with E-state index in [9.17, 15) is 9.18 Å². The molecule has 19 heavy (non-hydrogen) atoms. The number of nitrogens with two attached hydrogens (primary N) is 1. The molecule has 2 N–H and O–H groups in total. The van der Waals surface area contributed by atoms with Crippen LogP contribution in [0.15, 0.2) is 36.4 Å². The SMILES string of the molecule is Cc1ccc(C)c(CC(=O)c2ccc(N)c(F)c2)c1. The Bertz CT molecular complexity index is 635. The number of Topliss-reactive ketones (excluding diaryl/α,β-unsaturated/α-hetero) is 1. The first-order valence-corrected chi connectivity index (χ1v) is 6.11. The van der Waals surface area contributed by atoms with Crippen molar-refractivity contribution in [1.82, 2.24) is 0 Å². The Hall–Kier alpha value is -2.16. The van der Waals surface area contributed by atoms with E-state index in [4.69, 9.17) is 5.73 Å². The van der Waals surface area contributed by atoms with Gasteiger partial charge in [0.05, 0.1) is 5.69 Å². The van der Waals surface area contributed by atoms with Gasteiger partial charge in [0.25, 0.3) is 0 Å². The van der Waals surface area contributed by atoms with Crippen LogP contribution in [0.3, 0.4) is 0 Å². The first-order valence-electron chi connectivity index (χ1n) is 6.11. The fraction of sp³-hybridized carbons (Fsp3) is 0.188. The molecule has 0 aromatic heterocycles. The number of hydrogen-bond acceptors (Lipinski definition) is 2. The van der Waals surface area contributed by atoms with Gasteiger partial charge < -0.3 is 5.73 Å². The van der Waals surface area contributed by atoms with E-state index in [0.29, 0.717) is 5.56 Å². The quantitative estimate of drug-likeness (QED) is 0.676. The number of nitrogen functional groups attached to an aromatic ring is 1. The maximum Gasteiger partial charge on any atom is 0.167 e. The van der Waals surface area contributed by atoms with Crippen molar-refractivity contribution in [2.75, 3.05) is 5.73 Å².